The molecule has 1 heterocycles. The van der Waals surface area contributed by atoms with Crippen molar-refractivity contribution in [1.82, 2.24) is 9.97 Å². The van der Waals surface area contributed by atoms with E-state index in [1.165, 1.54) is 19.3 Å². The van der Waals surface area contributed by atoms with Gasteiger partial charge in [0.2, 0.25) is 5.95 Å². The molecule has 0 atom stereocenters. The summed E-state index contributed by atoms with van der Waals surface area (Å²) in [5.41, 5.74) is 2.38. The van der Waals surface area contributed by atoms with Crippen molar-refractivity contribution in [2.45, 2.75) is 6.92 Å². The Bertz CT molecular complexity index is 924. The van der Waals surface area contributed by atoms with Gasteiger partial charge in [0.1, 0.15) is 0 Å². The molecule has 0 saturated carbocycles. The van der Waals surface area contributed by atoms with Crippen molar-refractivity contribution >= 4 is 29.0 Å². The molecule has 0 radical (unpaired) electrons. The zero-order valence-electron chi connectivity index (χ0n) is 14.5. The molecule has 0 unspecified atom stereocenters. The number of ketones is 1. The molecule has 0 bridgehead atoms. The summed E-state index contributed by atoms with van der Waals surface area (Å²) in [4.78, 5) is 34.1. The lowest BCUT2D eigenvalue weighted by Crippen LogP contribution is -2.16. The molecule has 6 heteroatoms. The average molecular weight is 346 g/mol. The van der Waals surface area contributed by atoms with Crippen molar-refractivity contribution in [1.29, 1.82) is 0 Å². The Labute approximate surface area is 151 Å². The van der Waals surface area contributed by atoms with Crippen molar-refractivity contribution in [2.24, 2.45) is 0 Å². The Morgan fingerprint density at radius 3 is 2.27 bits per heavy atom. The second kappa shape index (κ2) is 7.57. The molecule has 0 aliphatic carbocycles. The van der Waals surface area contributed by atoms with Gasteiger partial charge >= 0.3 is 0 Å². The lowest BCUT2D eigenvalue weighted by molar-refractivity contribution is 0.101. The minimum Gasteiger partial charge on any atom is -0.322 e. The number of nitrogens with zero attached hydrogens (tertiary/aromatic N) is 3. The predicted molar refractivity (Wildman–Crippen MR) is 101 cm³/mol. The van der Waals surface area contributed by atoms with Crippen molar-refractivity contribution in [3.63, 3.8) is 0 Å². The van der Waals surface area contributed by atoms with Gasteiger partial charge in [-0.1, -0.05) is 30.3 Å². The van der Waals surface area contributed by atoms with Crippen LogP contribution in [0.1, 0.15) is 27.6 Å². The van der Waals surface area contributed by atoms with E-state index in [0.717, 1.165) is 5.69 Å². The van der Waals surface area contributed by atoms with Crippen LogP contribution in [0.2, 0.25) is 0 Å². The molecule has 1 N–H and O–H groups in total. The fraction of sp³-hybridized carbons (Fsp3) is 0.100. The summed E-state index contributed by atoms with van der Waals surface area (Å²) in [5, 5.41) is 2.75. The molecule has 0 aliphatic heterocycles. The monoisotopic (exact) mass is 346 g/mol. The summed E-state index contributed by atoms with van der Waals surface area (Å²) in [5.74, 6) is 0.101. The quantitative estimate of drug-likeness (QED) is 0.713. The largest absolute Gasteiger partial charge is 0.322 e. The smallest absolute Gasteiger partial charge is 0.258 e. The number of Topliss-reactive ketones (excluding diaryl/α,β-unsaturated/α-hetero) is 1. The van der Waals surface area contributed by atoms with E-state index >= 15 is 0 Å². The van der Waals surface area contributed by atoms with E-state index in [-0.39, 0.29) is 11.7 Å². The molecule has 1 amide bonds. The maximum Gasteiger partial charge on any atom is 0.258 e. The van der Waals surface area contributed by atoms with Crippen molar-refractivity contribution in [3.8, 4) is 0 Å². The number of anilines is 3. The third-order valence-corrected chi connectivity index (χ3v) is 3.87. The first-order valence-electron chi connectivity index (χ1n) is 8.08. The first kappa shape index (κ1) is 17.3. The Balaban J connectivity index is 1.73. The molecule has 3 aromatic rings. The molecule has 0 fully saturated rings. The Morgan fingerprint density at radius 1 is 0.923 bits per heavy atom. The van der Waals surface area contributed by atoms with Gasteiger partial charge < -0.3 is 10.2 Å². The molecule has 0 aliphatic rings. The number of hydrogen-bond donors (Lipinski definition) is 1. The Kier molecular flexibility index (Phi) is 5.03. The molecule has 26 heavy (non-hydrogen) atoms. The maximum atomic E-state index is 12.4. The van der Waals surface area contributed by atoms with E-state index in [1.807, 2.05) is 42.3 Å². The second-order valence-electron chi connectivity index (χ2n) is 5.76. The highest BCUT2D eigenvalue weighted by Crippen LogP contribution is 2.19. The van der Waals surface area contributed by atoms with E-state index in [9.17, 15) is 9.59 Å². The number of aromatic nitrogens is 2. The summed E-state index contributed by atoms with van der Waals surface area (Å²) in [7, 11) is 1.86. The van der Waals surface area contributed by atoms with Gasteiger partial charge in [-0.25, -0.2) is 9.97 Å². The van der Waals surface area contributed by atoms with Crippen LogP contribution in [0, 0.1) is 0 Å². The van der Waals surface area contributed by atoms with E-state index < -0.39 is 0 Å². The van der Waals surface area contributed by atoms with Gasteiger partial charge in [-0.05, 0) is 31.2 Å². The highest BCUT2D eigenvalue weighted by molar-refractivity contribution is 6.04. The van der Waals surface area contributed by atoms with Gasteiger partial charge in [-0.15, -0.1) is 0 Å². The van der Waals surface area contributed by atoms with Crippen LogP contribution in [0.15, 0.2) is 67.0 Å². The first-order valence-corrected chi connectivity index (χ1v) is 8.08. The summed E-state index contributed by atoms with van der Waals surface area (Å²) in [6.07, 6.45) is 2.96. The summed E-state index contributed by atoms with van der Waals surface area (Å²) in [6, 6.07) is 16.5. The van der Waals surface area contributed by atoms with E-state index in [0.29, 0.717) is 22.8 Å². The third-order valence-electron chi connectivity index (χ3n) is 3.87. The van der Waals surface area contributed by atoms with Crippen LogP contribution in [0.5, 0.6) is 0 Å². The number of carbonyl (C=O) groups is 2. The average Bonchev–Trinajstić information content (AvgIpc) is 2.68. The minimum atomic E-state index is -0.334. The molecule has 1 aromatic heterocycles. The fourth-order valence-corrected chi connectivity index (χ4v) is 2.40. The topological polar surface area (TPSA) is 75.2 Å². The van der Waals surface area contributed by atoms with Crippen LogP contribution in [0.25, 0.3) is 0 Å². The van der Waals surface area contributed by atoms with Crippen LogP contribution in [0.4, 0.5) is 17.3 Å². The predicted octanol–water partition coefficient (Wildman–Crippen LogP) is 3.70. The second-order valence-corrected chi connectivity index (χ2v) is 5.76. The van der Waals surface area contributed by atoms with Gasteiger partial charge in [-0.2, -0.15) is 0 Å². The minimum absolute atomic E-state index is 0.0577. The van der Waals surface area contributed by atoms with Crippen LogP contribution in [0.3, 0.4) is 0 Å². The molecular weight excluding hydrogens is 328 g/mol. The van der Waals surface area contributed by atoms with Crippen molar-refractivity contribution in [2.75, 3.05) is 17.3 Å². The third kappa shape index (κ3) is 3.92. The number of carbonyl (C=O) groups excluding carboxylic acids is 2. The zero-order chi connectivity index (χ0) is 18.5. The maximum absolute atomic E-state index is 12.4. The number of benzene rings is 2. The van der Waals surface area contributed by atoms with E-state index in [4.69, 9.17) is 0 Å². The summed E-state index contributed by atoms with van der Waals surface area (Å²) in [6.45, 7) is 1.48. The number of nitrogens with one attached hydrogen (secondary N) is 1. The van der Waals surface area contributed by atoms with E-state index in [2.05, 4.69) is 15.3 Å². The zero-order valence-corrected chi connectivity index (χ0v) is 14.5. The Hall–Kier alpha value is -3.54. The van der Waals surface area contributed by atoms with Crippen LogP contribution < -0.4 is 10.2 Å². The number of rotatable bonds is 5. The summed E-state index contributed by atoms with van der Waals surface area (Å²) < 4.78 is 0. The van der Waals surface area contributed by atoms with E-state index in [1.54, 1.807) is 24.3 Å². The lowest BCUT2D eigenvalue weighted by Gasteiger charge is -2.16. The van der Waals surface area contributed by atoms with Crippen LogP contribution in [-0.2, 0) is 0 Å². The number of hydrogen-bond acceptors (Lipinski definition) is 5. The standard InChI is InChI=1S/C20H18N4O2/c1-14(25)15-7-6-8-17(11-15)23-19(26)16-12-21-20(22-13-16)24(2)18-9-4-3-5-10-18/h3-13H,1-2H3,(H,23,26). The van der Waals surface area contributed by atoms with Crippen molar-refractivity contribution < 1.29 is 9.59 Å². The fourth-order valence-electron chi connectivity index (χ4n) is 2.40. The van der Waals surface area contributed by atoms with Gasteiger partial charge in [0.05, 0.1) is 5.56 Å². The molecule has 6 nitrogen and oxygen atoms in total. The number of amides is 1. The highest BCUT2D eigenvalue weighted by atomic mass is 16.1. The normalized spacial score (nSPS) is 10.2. The molecular formula is C20H18N4O2. The van der Waals surface area contributed by atoms with Crippen LogP contribution in [-0.4, -0.2) is 28.7 Å². The molecule has 2 aromatic carbocycles. The molecule has 3 rings (SSSR count). The van der Waals surface area contributed by atoms with Gasteiger partial charge in [0.25, 0.3) is 5.91 Å². The van der Waals surface area contributed by atoms with Crippen LogP contribution >= 0.6 is 0 Å². The molecule has 130 valence electrons. The SMILES string of the molecule is CC(=O)c1cccc(NC(=O)c2cnc(N(C)c3ccccc3)nc2)c1. The van der Waals surface area contributed by atoms with Gasteiger partial charge in [0.15, 0.2) is 5.78 Å². The molecule has 0 spiro atoms. The van der Waals surface area contributed by atoms with Crippen molar-refractivity contribution in [3.05, 3.63) is 78.1 Å². The highest BCUT2D eigenvalue weighted by Gasteiger charge is 2.11. The van der Waals surface area contributed by atoms with Gasteiger partial charge in [0, 0.05) is 36.4 Å². The lowest BCUT2D eigenvalue weighted by atomic mass is 10.1. The number of para-hydroxylation sites is 1. The molecule has 0 saturated heterocycles. The van der Waals surface area contributed by atoms with Gasteiger partial charge in [-0.3, -0.25) is 9.59 Å². The Morgan fingerprint density at radius 2 is 1.62 bits per heavy atom. The first-order chi connectivity index (χ1) is 12.5. The summed E-state index contributed by atoms with van der Waals surface area (Å²) >= 11 is 0.